The van der Waals surface area contributed by atoms with Crippen LogP contribution in [0, 0.1) is 0 Å². The van der Waals surface area contributed by atoms with Gasteiger partial charge in [0.1, 0.15) is 24.7 Å². The molecule has 0 aliphatic carbocycles. The van der Waals surface area contributed by atoms with E-state index in [0.717, 1.165) is 0 Å². The Kier molecular flexibility index (Phi) is 8.42. The van der Waals surface area contributed by atoms with Crippen LogP contribution in [-0.4, -0.2) is 77.7 Å². The monoisotopic (exact) mass is 387 g/mol. The zero-order chi connectivity index (χ0) is 18.6. The molecule has 1 fully saturated rings. The van der Waals surface area contributed by atoms with Crippen molar-refractivity contribution >= 4 is 24.7 Å². The Morgan fingerprint density at radius 2 is 0.625 bits per heavy atom. The summed E-state index contributed by atoms with van der Waals surface area (Å²) in [4.78, 5) is 0. The zero-order valence-electron chi connectivity index (χ0n) is 18.2. The van der Waals surface area contributed by atoms with Gasteiger partial charge in [-0.25, -0.2) is 0 Å². The van der Waals surface area contributed by atoms with Gasteiger partial charge >= 0.3 is 0 Å². The molecule has 6 heteroatoms. The third-order valence-corrected chi connectivity index (χ3v) is 12.5. The van der Waals surface area contributed by atoms with E-state index in [1.54, 1.807) is 0 Å². The lowest BCUT2D eigenvalue weighted by molar-refractivity contribution is 0.293. The minimum absolute atomic E-state index is 1.19. The molecule has 0 unspecified atom stereocenters. The van der Waals surface area contributed by atoms with Gasteiger partial charge in [-0.3, -0.25) is 0 Å². The number of nitrogens with zero attached hydrogens (tertiary/aromatic N) is 3. The fraction of sp³-hybridized carbons (Fsp3) is 1.00. The maximum atomic E-state index is 2.87. The van der Waals surface area contributed by atoms with Crippen LogP contribution in [0.25, 0.3) is 0 Å². The van der Waals surface area contributed by atoms with Crippen LogP contribution in [0.1, 0.15) is 19.3 Å². The Morgan fingerprint density at radius 3 is 0.875 bits per heavy atom. The lowest BCUT2D eigenvalue weighted by atomic mass is 10.2. The summed E-state index contributed by atoms with van der Waals surface area (Å²) in [5.41, 5.74) is 0. The van der Waals surface area contributed by atoms with Gasteiger partial charge in [0, 0.05) is 26.2 Å². The van der Waals surface area contributed by atoms with E-state index in [0.29, 0.717) is 0 Å². The fourth-order valence-electron chi connectivity index (χ4n) is 3.61. The van der Waals surface area contributed by atoms with Crippen LogP contribution in [-0.2, 0) is 0 Å². The first-order chi connectivity index (χ1) is 10.8. The quantitative estimate of drug-likeness (QED) is 0.656. The average Bonchev–Trinajstić information content (AvgIpc) is 2.34. The van der Waals surface area contributed by atoms with Crippen molar-refractivity contribution in [2.24, 2.45) is 0 Å². The molecule has 1 saturated heterocycles. The normalized spacial score (nSPS) is 22.9. The van der Waals surface area contributed by atoms with Crippen molar-refractivity contribution in [2.45, 2.75) is 78.2 Å². The zero-order valence-corrected chi connectivity index (χ0v) is 21.2. The molecule has 1 rings (SSSR count). The summed E-state index contributed by atoms with van der Waals surface area (Å²) in [5.74, 6) is 0. The summed E-state index contributed by atoms with van der Waals surface area (Å²) in [6.45, 7) is 30.5. The SMILES string of the molecule is C[Si](C)(C)N1CCCCCN([Si](C)(C)C)CCN([Si](C)(C)C)CC1. The summed E-state index contributed by atoms with van der Waals surface area (Å²) in [7, 11) is -3.63. The Hall–Kier alpha value is 0.531. The van der Waals surface area contributed by atoms with Crippen LogP contribution in [0.4, 0.5) is 0 Å². The Balaban J connectivity index is 2.87. The van der Waals surface area contributed by atoms with Crippen molar-refractivity contribution in [3.8, 4) is 0 Å². The molecule has 0 saturated carbocycles. The van der Waals surface area contributed by atoms with E-state index in [9.17, 15) is 0 Å². The van der Waals surface area contributed by atoms with E-state index in [2.05, 4.69) is 72.6 Å². The van der Waals surface area contributed by atoms with Crippen molar-refractivity contribution in [1.82, 2.24) is 13.7 Å². The summed E-state index contributed by atoms with van der Waals surface area (Å²) >= 11 is 0. The lowest BCUT2D eigenvalue weighted by Crippen LogP contribution is -2.57. The Morgan fingerprint density at radius 1 is 0.375 bits per heavy atom. The second-order valence-corrected chi connectivity index (χ2v) is 25.5. The number of hydrogen-bond acceptors (Lipinski definition) is 3. The molecule has 0 aromatic heterocycles. The summed E-state index contributed by atoms with van der Waals surface area (Å²) in [5, 5.41) is 0. The second kappa shape index (κ2) is 8.95. The highest BCUT2D eigenvalue weighted by Crippen LogP contribution is 2.17. The first-order valence-electron chi connectivity index (χ1n) is 10.1. The predicted molar refractivity (Wildman–Crippen MR) is 119 cm³/mol. The topological polar surface area (TPSA) is 9.72 Å². The minimum atomic E-state index is -1.25. The van der Waals surface area contributed by atoms with Gasteiger partial charge in [0.15, 0.2) is 0 Å². The molecule has 0 aromatic carbocycles. The van der Waals surface area contributed by atoms with Crippen molar-refractivity contribution in [3.63, 3.8) is 0 Å². The molecule has 1 heterocycles. The minimum Gasteiger partial charge on any atom is -0.323 e. The van der Waals surface area contributed by atoms with Gasteiger partial charge in [0.05, 0.1) is 0 Å². The van der Waals surface area contributed by atoms with E-state index in [4.69, 9.17) is 0 Å². The van der Waals surface area contributed by atoms with Gasteiger partial charge in [0.25, 0.3) is 0 Å². The van der Waals surface area contributed by atoms with E-state index < -0.39 is 24.7 Å². The number of hydrogen-bond donors (Lipinski definition) is 0. The lowest BCUT2D eigenvalue weighted by Gasteiger charge is -2.42. The van der Waals surface area contributed by atoms with Crippen LogP contribution < -0.4 is 0 Å². The van der Waals surface area contributed by atoms with Gasteiger partial charge in [-0.1, -0.05) is 65.3 Å². The molecular formula is C18H45N3Si3. The molecule has 24 heavy (non-hydrogen) atoms. The van der Waals surface area contributed by atoms with Gasteiger partial charge in [-0.05, 0) is 25.9 Å². The fourth-order valence-corrected chi connectivity index (χ4v) is 8.35. The van der Waals surface area contributed by atoms with Crippen molar-refractivity contribution in [1.29, 1.82) is 0 Å². The van der Waals surface area contributed by atoms with Gasteiger partial charge in [0.2, 0.25) is 0 Å². The molecule has 0 N–H and O–H groups in total. The standard InChI is InChI=1S/C18H45N3Si3/c1-22(2,3)19-13-11-10-12-14-20(23(4,5)6)16-18-21(17-15-19)24(7,8)9/h10-18H2,1-9H3. The van der Waals surface area contributed by atoms with Crippen LogP contribution in [0.2, 0.25) is 58.9 Å². The highest BCUT2D eigenvalue weighted by atomic mass is 28.3. The van der Waals surface area contributed by atoms with Crippen LogP contribution in [0.5, 0.6) is 0 Å². The predicted octanol–water partition coefficient (Wildman–Crippen LogP) is 4.58. The summed E-state index contributed by atoms with van der Waals surface area (Å²) < 4.78 is 8.59. The van der Waals surface area contributed by atoms with Crippen molar-refractivity contribution in [3.05, 3.63) is 0 Å². The van der Waals surface area contributed by atoms with Gasteiger partial charge < -0.3 is 13.7 Å². The molecule has 1 aliphatic rings. The van der Waals surface area contributed by atoms with Crippen LogP contribution >= 0.6 is 0 Å². The number of rotatable bonds is 3. The first kappa shape index (κ1) is 22.6. The molecular weight excluding hydrogens is 342 g/mol. The summed E-state index contributed by atoms with van der Waals surface area (Å²) in [6, 6.07) is 0. The van der Waals surface area contributed by atoms with E-state index >= 15 is 0 Å². The third kappa shape index (κ3) is 7.83. The second-order valence-electron chi connectivity index (χ2n) is 10.5. The average molecular weight is 388 g/mol. The third-order valence-electron chi connectivity index (χ3n) is 5.48. The van der Waals surface area contributed by atoms with Crippen molar-refractivity contribution < 1.29 is 0 Å². The van der Waals surface area contributed by atoms with Gasteiger partial charge in [-0.2, -0.15) is 0 Å². The Bertz CT molecular complexity index is 341. The van der Waals surface area contributed by atoms with E-state index in [-0.39, 0.29) is 0 Å². The molecule has 3 nitrogen and oxygen atoms in total. The molecule has 0 atom stereocenters. The highest BCUT2D eigenvalue weighted by molar-refractivity contribution is 6.74. The molecule has 0 spiro atoms. The smallest absolute Gasteiger partial charge is 0.119 e. The van der Waals surface area contributed by atoms with E-state index in [1.807, 2.05) is 0 Å². The summed E-state index contributed by atoms with van der Waals surface area (Å²) in [6.07, 6.45) is 4.17. The molecule has 1 aliphatic heterocycles. The molecule has 144 valence electrons. The van der Waals surface area contributed by atoms with Crippen molar-refractivity contribution in [2.75, 3.05) is 39.3 Å². The molecule has 0 amide bonds. The maximum Gasteiger partial charge on any atom is 0.119 e. The maximum absolute atomic E-state index is 2.87. The van der Waals surface area contributed by atoms with Crippen LogP contribution in [0.3, 0.4) is 0 Å². The van der Waals surface area contributed by atoms with E-state index in [1.165, 1.54) is 58.5 Å². The first-order valence-corrected chi connectivity index (χ1v) is 20.4. The molecule has 0 radical (unpaired) electrons. The molecule has 0 bridgehead atoms. The Labute approximate surface area is 156 Å². The molecule has 0 aromatic rings. The van der Waals surface area contributed by atoms with Crippen LogP contribution in [0.15, 0.2) is 0 Å². The largest absolute Gasteiger partial charge is 0.323 e. The highest BCUT2D eigenvalue weighted by Gasteiger charge is 2.30. The van der Waals surface area contributed by atoms with Gasteiger partial charge in [-0.15, -0.1) is 0 Å².